The molecule has 0 saturated heterocycles. The fraction of sp³-hybridized carbons (Fsp3) is 0.200. The molecule has 0 radical (unpaired) electrons. The maximum absolute atomic E-state index is 11.1. The van der Waals surface area contributed by atoms with Crippen LogP contribution in [0.3, 0.4) is 0 Å². The van der Waals surface area contributed by atoms with Gasteiger partial charge in [0.2, 0.25) is 0 Å². The Balaban J connectivity index is 1.72. The second-order valence-electron chi connectivity index (χ2n) is 7.46. The quantitative estimate of drug-likeness (QED) is 0.420. The SMILES string of the molecule is CCCN(c1ccncc1)n1ccc2cc(C(CNC(=O)O)c3ccccc3)ccc21. The number of nitrogens with zero attached hydrogens (tertiary/aromatic N) is 3. The first-order valence-corrected chi connectivity index (χ1v) is 10.5. The molecule has 1 atom stereocenters. The van der Waals surface area contributed by atoms with Crippen molar-refractivity contribution in [1.82, 2.24) is 15.0 Å². The molecular formula is C25H26N4O2. The highest BCUT2D eigenvalue weighted by atomic mass is 16.4. The molecule has 6 nitrogen and oxygen atoms in total. The summed E-state index contributed by atoms with van der Waals surface area (Å²) in [7, 11) is 0. The van der Waals surface area contributed by atoms with Crippen molar-refractivity contribution >= 4 is 22.7 Å². The monoisotopic (exact) mass is 414 g/mol. The number of benzene rings is 2. The van der Waals surface area contributed by atoms with Crippen molar-refractivity contribution in [2.45, 2.75) is 19.3 Å². The molecule has 1 unspecified atom stereocenters. The second-order valence-corrected chi connectivity index (χ2v) is 7.46. The highest BCUT2D eigenvalue weighted by molar-refractivity contribution is 5.82. The van der Waals surface area contributed by atoms with E-state index in [-0.39, 0.29) is 5.92 Å². The van der Waals surface area contributed by atoms with E-state index < -0.39 is 6.09 Å². The van der Waals surface area contributed by atoms with Gasteiger partial charge in [-0.25, -0.2) is 4.79 Å². The molecule has 0 fully saturated rings. The molecule has 0 saturated carbocycles. The van der Waals surface area contributed by atoms with Gasteiger partial charge in [0.25, 0.3) is 0 Å². The van der Waals surface area contributed by atoms with Crippen LogP contribution in [0.2, 0.25) is 0 Å². The van der Waals surface area contributed by atoms with Crippen LogP contribution < -0.4 is 10.3 Å². The third-order valence-corrected chi connectivity index (χ3v) is 5.41. The van der Waals surface area contributed by atoms with E-state index in [1.54, 1.807) is 0 Å². The van der Waals surface area contributed by atoms with Crippen LogP contribution in [0.5, 0.6) is 0 Å². The molecule has 4 rings (SSSR count). The first-order chi connectivity index (χ1) is 15.2. The zero-order valence-corrected chi connectivity index (χ0v) is 17.5. The Morgan fingerprint density at radius 1 is 1.06 bits per heavy atom. The first-order valence-electron chi connectivity index (χ1n) is 10.5. The third-order valence-electron chi connectivity index (χ3n) is 5.41. The number of hydrogen-bond donors (Lipinski definition) is 2. The fourth-order valence-electron chi connectivity index (χ4n) is 3.97. The molecule has 0 spiro atoms. The maximum Gasteiger partial charge on any atom is 0.404 e. The number of aromatic nitrogens is 2. The second kappa shape index (κ2) is 9.34. The largest absolute Gasteiger partial charge is 0.465 e. The molecule has 2 aromatic carbocycles. The van der Waals surface area contributed by atoms with Crippen molar-refractivity contribution in [3.8, 4) is 0 Å². The van der Waals surface area contributed by atoms with Crippen LogP contribution in [-0.4, -0.2) is 33.9 Å². The molecule has 0 aliphatic heterocycles. The van der Waals surface area contributed by atoms with Gasteiger partial charge in [0, 0.05) is 43.0 Å². The lowest BCUT2D eigenvalue weighted by Crippen LogP contribution is -2.29. The number of rotatable bonds is 8. The van der Waals surface area contributed by atoms with Gasteiger partial charge in [0.15, 0.2) is 0 Å². The van der Waals surface area contributed by atoms with E-state index in [4.69, 9.17) is 5.11 Å². The average molecular weight is 415 g/mol. The number of carboxylic acid groups (broad SMARTS) is 1. The Kier molecular flexibility index (Phi) is 6.17. The number of hydrogen-bond acceptors (Lipinski definition) is 3. The summed E-state index contributed by atoms with van der Waals surface area (Å²) >= 11 is 0. The number of carbonyl (C=O) groups is 1. The summed E-state index contributed by atoms with van der Waals surface area (Å²) in [6.45, 7) is 3.37. The fourth-order valence-corrected chi connectivity index (χ4v) is 3.97. The van der Waals surface area contributed by atoms with Crippen molar-refractivity contribution in [1.29, 1.82) is 0 Å². The molecule has 158 valence electrons. The van der Waals surface area contributed by atoms with Crippen molar-refractivity contribution < 1.29 is 9.90 Å². The van der Waals surface area contributed by atoms with Crippen LogP contribution >= 0.6 is 0 Å². The van der Waals surface area contributed by atoms with Gasteiger partial charge >= 0.3 is 6.09 Å². The van der Waals surface area contributed by atoms with Gasteiger partial charge in [0.1, 0.15) is 0 Å². The summed E-state index contributed by atoms with van der Waals surface area (Å²) in [5, 5.41) is 15.0. The number of fused-ring (bicyclic) bond motifs is 1. The topological polar surface area (TPSA) is 70.4 Å². The highest BCUT2D eigenvalue weighted by Crippen LogP contribution is 2.29. The number of anilines is 1. The summed E-state index contributed by atoms with van der Waals surface area (Å²) < 4.78 is 2.17. The maximum atomic E-state index is 11.1. The Labute approximate surface area is 181 Å². The minimum Gasteiger partial charge on any atom is -0.465 e. The molecule has 1 amide bonds. The minimum absolute atomic E-state index is 0.0583. The molecule has 6 heteroatoms. The predicted octanol–water partition coefficient (Wildman–Crippen LogP) is 5.12. The van der Waals surface area contributed by atoms with Crippen LogP contribution in [0, 0.1) is 0 Å². The Bertz CT molecular complexity index is 1140. The predicted molar refractivity (Wildman–Crippen MR) is 124 cm³/mol. The van der Waals surface area contributed by atoms with Crippen molar-refractivity contribution in [2.75, 3.05) is 18.1 Å². The van der Waals surface area contributed by atoms with E-state index >= 15 is 0 Å². The number of amides is 1. The lowest BCUT2D eigenvalue weighted by Gasteiger charge is -2.26. The minimum atomic E-state index is -1.01. The van der Waals surface area contributed by atoms with E-state index in [1.807, 2.05) is 54.9 Å². The summed E-state index contributed by atoms with van der Waals surface area (Å²) in [6, 6.07) is 22.5. The molecule has 0 aliphatic carbocycles. The summed E-state index contributed by atoms with van der Waals surface area (Å²) in [6.07, 6.45) is 5.69. The molecule has 0 aliphatic rings. The van der Waals surface area contributed by atoms with Gasteiger partial charge in [-0.3, -0.25) is 14.7 Å². The van der Waals surface area contributed by atoms with Gasteiger partial charge in [-0.2, -0.15) is 0 Å². The van der Waals surface area contributed by atoms with E-state index in [1.165, 1.54) is 0 Å². The Hall–Kier alpha value is -3.80. The molecular weight excluding hydrogens is 388 g/mol. The number of pyridine rings is 1. The standard InChI is InChI=1S/C25H26N4O2/c1-2-15-28(22-10-13-26-14-11-22)29-16-12-21-17-20(8-9-24(21)29)23(18-27-25(30)31)19-6-4-3-5-7-19/h3-14,16-17,23,27H,2,15,18H2,1H3,(H,30,31). The van der Waals surface area contributed by atoms with Crippen LogP contribution in [0.1, 0.15) is 30.4 Å². The summed E-state index contributed by atoms with van der Waals surface area (Å²) in [5.74, 6) is -0.0583. The van der Waals surface area contributed by atoms with Crippen molar-refractivity contribution in [3.05, 3.63) is 96.4 Å². The van der Waals surface area contributed by atoms with Crippen LogP contribution in [0.4, 0.5) is 10.5 Å². The molecule has 0 bridgehead atoms. The summed E-state index contributed by atoms with van der Waals surface area (Å²) in [4.78, 5) is 15.3. The van der Waals surface area contributed by atoms with E-state index in [0.717, 1.165) is 40.7 Å². The lowest BCUT2D eigenvalue weighted by molar-refractivity contribution is 0.194. The lowest BCUT2D eigenvalue weighted by atomic mass is 9.90. The van der Waals surface area contributed by atoms with Gasteiger partial charge in [-0.1, -0.05) is 43.3 Å². The smallest absolute Gasteiger partial charge is 0.404 e. The summed E-state index contributed by atoms with van der Waals surface area (Å²) in [5.41, 5.74) is 4.36. The molecule has 2 heterocycles. The van der Waals surface area contributed by atoms with Crippen LogP contribution in [0.15, 0.2) is 85.3 Å². The number of nitrogens with one attached hydrogen (secondary N) is 1. The zero-order chi connectivity index (χ0) is 21.6. The molecule has 31 heavy (non-hydrogen) atoms. The Morgan fingerprint density at radius 2 is 1.84 bits per heavy atom. The van der Waals surface area contributed by atoms with Crippen molar-refractivity contribution in [2.24, 2.45) is 0 Å². The van der Waals surface area contributed by atoms with Gasteiger partial charge in [-0.15, -0.1) is 0 Å². The van der Waals surface area contributed by atoms with Crippen LogP contribution in [0.25, 0.3) is 10.9 Å². The van der Waals surface area contributed by atoms with Crippen LogP contribution in [-0.2, 0) is 0 Å². The van der Waals surface area contributed by atoms with Gasteiger partial charge in [-0.05, 0) is 47.9 Å². The third kappa shape index (κ3) is 4.53. The van der Waals surface area contributed by atoms with Gasteiger partial charge < -0.3 is 10.4 Å². The van der Waals surface area contributed by atoms with Gasteiger partial charge in [0.05, 0.1) is 11.2 Å². The Morgan fingerprint density at radius 3 is 2.55 bits per heavy atom. The zero-order valence-electron chi connectivity index (χ0n) is 17.5. The molecule has 4 aromatic rings. The highest BCUT2D eigenvalue weighted by Gasteiger charge is 2.17. The van der Waals surface area contributed by atoms with E-state index in [0.29, 0.717) is 6.54 Å². The first kappa shape index (κ1) is 20.5. The van der Waals surface area contributed by atoms with E-state index in [2.05, 4.69) is 57.4 Å². The average Bonchev–Trinajstić information content (AvgIpc) is 3.22. The molecule has 2 aromatic heterocycles. The normalized spacial score (nSPS) is 11.9. The van der Waals surface area contributed by atoms with E-state index in [9.17, 15) is 4.79 Å². The van der Waals surface area contributed by atoms with Crippen molar-refractivity contribution in [3.63, 3.8) is 0 Å². The molecule has 2 N–H and O–H groups in total.